The van der Waals surface area contributed by atoms with E-state index in [2.05, 4.69) is 50.3 Å². The topological polar surface area (TPSA) is 68.0 Å². The third-order valence-corrected chi connectivity index (χ3v) is 6.46. The molecular formula is C22H24N6O2S. The molecule has 0 unspecified atom stereocenters. The highest BCUT2D eigenvalue weighted by atomic mass is 32.1. The van der Waals surface area contributed by atoms with Gasteiger partial charge in [0.2, 0.25) is 4.96 Å². The van der Waals surface area contributed by atoms with E-state index in [1.807, 2.05) is 22.7 Å². The van der Waals surface area contributed by atoms with Crippen molar-refractivity contribution in [3.63, 3.8) is 0 Å². The lowest BCUT2D eigenvalue weighted by Crippen LogP contribution is -2.46. The molecule has 0 bridgehead atoms. The van der Waals surface area contributed by atoms with Crippen LogP contribution < -0.4 is 14.4 Å². The van der Waals surface area contributed by atoms with E-state index in [0.29, 0.717) is 0 Å². The molecule has 4 aromatic rings. The molecule has 9 heteroatoms. The molecule has 160 valence electrons. The third kappa shape index (κ3) is 4.06. The molecule has 31 heavy (non-hydrogen) atoms. The van der Waals surface area contributed by atoms with Gasteiger partial charge >= 0.3 is 0 Å². The number of nitrogens with zero attached hydrogens (tertiary/aromatic N) is 6. The number of ether oxygens (including phenoxy) is 2. The van der Waals surface area contributed by atoms with E-state index in [1.165, 1.54) is 17.0 Å². The molecule has 1 aliphatic rings. The first kappa shape index (κ1) is 19.8. The van der Waals surface area contributed by atoms with Crippen LogP contribution in [0.4, 0.5) is 5.69 Å². The van der Waals surface area contributed by atoms with E-state index in [4.69, 9.17) is 14.6 Å². The van der Waals surface area contributed by atoms with Gasteiger partial charge in [-0.2, -0.15) is 9.61 Å². The minimum Gasteiger partial charge on any atom is -0.497 e. The Balaban J connectivity index is 1.32. The lowest BCUT2D eigenvalue weighted by atomic mass is 10.2. The van der Waals surface area contributed by atoms with Gasteiger partial charge in [-0.3, -0.25) is 4.90 Å². The molecule has 0 saturated carbocycles. The van der Waals surface area contributed by atoms with Crippen LogP contribution in [0.3, 0.4) is 0 Å². The standard InChI is InChI=1S/C22H24N6O2S/c1-29-18-12-16(13-19(14-18)30-2)21-25-28-20(23-24-22(28)31-21)15-26-8-10-27(11-9-26)17-6-4-3-5-7-17/h3-7,12-14H,8-11,15H2,1-2H3. The van der Waals surface area contributed by atoms with Gasteiger partial charge in [-0.1, -0.05) is 29.5 Å². The van der Waals surface area contributed by atoms with Gasteiger partial charge < -0.3 is 14.4 Å². The van der Waals surface area contributed by atoms with E-state index in [-0.39, 0.29) is 0 Å². The average Bonchev–Trinajstić information content (AvgIpc) is 3.42. The van der Waals surface area contributed by atoms with Crippen molar-refractivity contribution in [1.82, 2.24) is 24.7 Å². The first-order chi connectivity index (χ1) is 15.2. The minimum atomic E-state index is 0.731. The maximum Gasteiger partial charge on any atom is 0.235 e. The Morgan fingerprint density at radius 2 is 1.61 bits per heavy atom. The second-order valence-corrected chi connectivity index (χ2v) is 8.37. The zero-order chi connectivity index (χ0) is 21.2. The Bertz CT molecular complexity index is 1150. The van der Waals surface area contributed by atoms with Crippen molar-refractivity contribution in [2.24, 2.45) is 0 Å². The number of rotatable bonds is 6. The van der Waals surface area contributed by atoms with Crippen molar-refractivity contribution >= 4 is 22.0 Å². The zero-order valence-electron chi connectivity index (χ0n) is 17.6. The first-order valence-electron chi connectivity index (χ1n) is 10.2. The molecule has 1 aliphatic heterocycles. The van der Waals surface area contributed by atoms with E-state index >= 15 is 0 Å². The molecule has 0 radical (unpaired) electrons. The molecule has 0 atom stereocenters. The van der Waals surface area contributed by atoms with Gasteiger partial charge in [0.05, 0.1) is 20.8 Å². The van der Waals surface area contributed by atoms with Crippen molar-refractivity contribution in [1.29, 1.82) is 0 Å². The van der Waals surface area contributed by atoms with Crippen LogP contribution in [0, 0.1) is 0 Å². The van der Waals surface area contributed by atoms with E-state index in [1.54, 1.807) is 14.2 Å². The summed E-state index contributed by atoms with van der Waals surface area (Å²) in [6, 6.07) is 16.3. The predicted octanol–water partition coefficient (Wildman–Crippen LogP) is 3.19. The molecule has 1 fully saturated rings. The van der Waals surface area contributed by atoms with Crippen molar-refractivity contribution in [3.05, 3.63) is 54.4 Å². The summed E-state index contributed by atoms with van der Waals surface area (Å²) in [6.45, 7) is 4.69. The fourth-order valence-electron chi connectivity index (χ4n) is 3.81. The van der Waals surface area contributed by atoms with Crippen LogP contribution in [0.15, 0.2) is 48.5 Å². The van der Waals surface area contributed by atoms with Crippen molar-refractivity contribution in [2.45, 2.75) is 6.54 Å². The highest BCUT2D eigenvalue weighted by molar-refractivity contribution is 7.19. The van der Waals surface area contributed by atoms with Gasteiger partial charge in [0.15, 0.2) is 5.82 Å². The average molecular weight is 437 g/mol. The highest BCUT2D eigenvalue weighted by Crippen LogP contribution is 2.32. The normalized spacial score (nSPS) is 14.8. The summed E-state index contributed by atoms with van der Waals surface area (Å²) in [6.07, 6.45) is 0. The van der Waals surface area contributed by atoms with E-state index in [9.17, 15) is 0 Å². The summed E-state index contributed by atoms with van der Waals surface area (Å²) in [4.78, 5) is 5.62. The van der Waals surface area contributed by atoms with Gasteiger partial charge in [0, 0.05) is 43.5 Å². The summed E-state index contributed by atoms with van der Waals surface area (Å²) in [5.74, 6) is 2.33. The number of para-hydroxylation sites is 1. The van der Waals surface area contributed by atoms with Crippen molar-refractivity contribution < 1.29 is 9.47 Å². The maximum atomic E-state index is 5.39. The number of hydrogen-bond donors (Lipinski definition) is 0. The molecule has 5 rings (SSSR count). The quantitative estimate of drug-likeness (QED) is 0.460. The monoisotopic (exact) mass is 436 g/mol. The van der Waals surface area contributed by atoms with Crippen LogP contribution in [-0.4, -0.2) is 65.1 Å². The molecule has 3 heterocycles. The Labute approximate surface area is 184 Å². The number of hydrogen-bond acceptors (Lipinski definition) is 8. The largest absolute Gasteiger partial charge is 0.497 e. The zero-order valence-corrected chi connectivity index (χ0v) is 18.4. The number of benzene rings is 2. The Kier molecular flexibility index (Phi) is 5.44. The molecule has 2 aromatic heterocycles. The van der Waals surface area contributed by atoms with Gasteiger partial charge in [-0.05, 0) is 24.3 Å². The van der Waals surface area contributed by atoms with Crippen molar-refractivity contribution in [3.8, 4) is 22.1 Å². The fraction of sp³-hybridized carbons (Fsp3) is 0.318. The highest BCUT2D eigenvalue weighted by Gasteiger charge is 2.21. The number of fused-ring (bicyclic) bond motifs is 1. The maximum absolute atomic E-state index is 5.39. The van der Waals surface area contributed by atoms with E-state index in [0.717, 1.165) is 65.6 Å². The molecule has 0 spiro atoms. The van der Waals surface area contributed by atoms with Crippen LogP contribution in [-0.2, 0) is 6.54 Å². The minimum absolute atomic E-state index is 0.731. The van der Waals surface area contributed by atoms with Crippen LogP contribution >= 0.6 is 11.3 Å². The molecule has 0 amide bonds. The number of anilines is 1. The van der Waals surface area contributed by atoms with Crippen molar-refractivity contribution in [2.75, 3.05) is 45.3 Å². The first-order valence-corrected chi connectivity index (χ1v) is 11.0. The van der Waals surface area contributed by atoms with E-state index < -0.39 is 0 Å². The Morgan fingerprint density at radius 3 is 2.29 bits per heavy atom. The summed E-state index contributed by atoms with van der Waals surface area (Å²) < 4.78 is 12.6. The summed E-state index contributed by atoms with van der Waals surface area (Å²) >= 11 is 1.51. The Morgan fingerprint density at radius 1 is 0.903 bits per heavy atom. The summed E-state index contributed by atoms with van der Waals surface area (Å²) in [7, 11) is 3.29. The molecule has 8 nitrogen and oxygen atoms in total. The predicted molar refractivity (Wildman–Crippen MR) is 121 cm³/mol. The second kappa shape index (κ2) is 8.52. The molecule has 0 N–H and O–H groups in total. The number of piperazine rings is 1. The Hall–Kier alpha value is -3.17. The molecule has 1 saturated heterocycles. The van der Waals surface area contributed by atoms with Gasteiger partial charge in [-0.15, -0.1) is 10.2 Å². The second-order valence-electron chi connectivity index (χ2n) is 7.42. The summed E-state index contributed by atoms with van der Waals surface area (Å²) in [5, 5.41) is 14.4. The SMILES string of the molecule is COc1cc(OC)cc(-c2nn3c(CN4CCN(c5ccccc5)CC4)nnc3s2)c1. The fourth-order valence-corrected chi connectivity index (χ4v) is 4.65. The molecule has 2 aromatic carbocycles. The van der Waals surface area contributed by atoms with Gasteiger partial charge in [0.25, 0.3) is 0 Å². The van der Waals surface area contributed by atoms with Gasteiger partial charge in [0.1, 0.15) is 16.5 Å². The van der Waals surface area contributed by atoms with Crippen LogP contribution in [0.1, 0.15) is 5.82 Å². The lowest BCUT2D eigenvalue weighted by Gasteiger charge is -2.35. The number of aromatic nitrogens is 4. The van der Waals surface area contributed by atoms with Crippen LogP contribution in [0.5, 0.6) is 11.5 Å². The molecule has 0 aliphatic carbocycles. The number of methoxy groups -OCH3 is 2. The molecular weight excluding hydrogens is 412 g/mol. The smallest absolute Gasteiger partial charge is 0.235 e. The summed E-state index contributed by atoms with van der Waals surface area (Å²) in [5.41, 5.74) is 2.22. The lowest BCUT2D eigenvalue weighted by molar-refractivity contribution is 0.242. The van der Waals surface area contributed by atoms with Gasteiger partial charge in [-0.25, -0.2) is 0 Å². The third-order valence-electron chi connectivity index (χ3n) is 5.51. The van der Waals surface area contributed by atoms with Crippen LogP contribution in [0.25, 0.3) is 15.5 Å². The van der Waals surface area contributed by atoms with Crippen LogP contribution in [0.2, 0.25) is 0 Å².